The summed E-state index contributed by atoms with van der Waals surface area (Å²) in [6.07, 6.45) is 0.691. The van der Waals surface area contributed by atoms with E-state index in [0.29, 0.717) is 48.4 Å². The van der Waals surface area contributed by atoms with E-state index in [-0.39, 0.29) is 22.9 Å². The molecule has 0 aliphatic heterocycles. The molecular formula is C27H35N3O3. The highest BCUT2D eigenvalue weighted by Gasteiger charge is 2.27. The van der Waals surface area contributed by atoms with Crippen LogP contribution in [0, 0.1) is 0 Å². The van der Waals surface area contributed by atoms with Crippen LogP contribution in [-0.2, 0) is 16.7 Å². The lowest BCUT2D eigenvalue weighted by Crippen LogP contribution is -2.38. The molecule has 176 valence electrons. The maximum Gasteiger partial charge on any atom is 0.261 e. The third-order valence-corrected chi connectivity index (χ3v) is 6.05. The molecule has 0 aliphatic carbocycles. The first kappa shape index (κ1) is 24.6. The Morgan fingerprint density at radius 2 is 1.79 bits per heavy atom. The molecule has 3 aromatic rings. The predicted octanol–water partition coefficient (Wildman–Crippen LogP) is 4.95. The molecule has 1 heterocycles. The van der Waals surface area contributed by atoms with Crippen molar-refractivity contribution in [2.45, 2.75) is 59.0 Å². The molecule has 0 aliphatic rings. The van der Waals surface area contributed by atoms with Crippen LogP contribution in [0.4, 0.5) is 0 Å². The minimum atomic E-state index is -0.381. The zero-order valence-electron chi connectivity index (χ0n) is 20.6. The average molecular weight is 450 g/mol. The fourth-order valence-corrected chi connectivity index (χ4v) is 4.08. The van der Waals surface area contributed by atoms with Gasteiger partial charge < -0.3 is 9.64 Å². The Hall–Kier alpha value is -2.99. The number of carbonyl (C=O) groups excluding carboxylic acids is 1. The van der Waals surface area contributed by atoms with Gasteiger partial charge in [0.2, 0.25) is 0 Å². The summed E-state index contributed by atoms with van der Waals surface area (Å²) in [7, 11) is 1.65. The second-order valence-electron chi connectivity index (χ2n) is 9.38. The molecule has 2 aromatic carbocycles. The van der Waals surface area contributed by atoms with Crippen molar-refractivity contribution in [3.63, 3.8) is 0 Å². The number of hydrogen-bond acceptors (Lipinski definition) is 4. The van der Waals surface area contributed by atoms with Gasteiger partial charge in [-0.25, -0.2) is 4.98 Å². The van der Waals surface area contributed by atoms with E-state index in [9.17, 15) is 9.59 Å². The fraction of sp³-hybridized carbons (Fsp3) is 0.444. The summed E-state index contributed by atoms with van der Waals surface area (Å²) in [5.74, 6) is 0.516. The zero-order chi connectivity index (χ0) is 24.2. The second-order valence-corrected chi connectivity index (χ2v) is 9.38. The van der Waals surface area contributed by atoms with Crippen LogP contribution in [0.5, 0.6) is 0 Å². The Kier molecular flexibility index (Phi) is 7.69. The Labute approximate surface area is 196 Å². The summed E-state index contributed by atoms with van der Waals surface area (Å²) in [6.45, 7) is 11.9. The summed E-state index contributed by atoms with van der Waals surface area (Å²) in [6, 6.07) is 14.8. The van der Waals surface area contributed by atoms with Crippen LogP contribution in [0.15, 0.2) is 53.3 Å². The predicted molar refractivity (Wildman–Crippen MR) is 133 cm³/mol. The van der Waals surface area contributed by atoms with E-state index in [1.807, 2.05) is 56.3 Å². The van der Waals surface area contributed by atoms with Gasteiger partial charge in [-0.1, -0.05) is 45.0 Å². The van der Waals surface area contributed by atoms with E-state index in [1.54, 1.807) is 22.6 Å². The monoisotopic (exact) mass is 449 g/mol. The normalized spacial score (nSPS) is 12.7. The van der Waals surface area contributed by atoms with E-state index in [0.717, 1.165) is 0 Å². The molecule has 0 N–H and O–H groups in total. The van der Waals surface area contributed by atoms with Crippen molar-refractivity contribution in [2.24, 2.45) is 0 Å². The summed E-state index contributed by atoms with van der Waals surface area (Å²) >= 11 is 0. The molecule has 0 saturated heterocycles. The third-order valence-electron chi connectivity index (χ3n) is 6.05. The van der Waals surface area contributed by atoms with Crippen molar-refractivity contribution < 1.29 is 9.53 Å². The lowest BCUT2D eigenvalue weighted by Gasteiger charge is -2.31. The molecule has 0 spiro atoms. The molecule has 3 rings (SSSR count). The number of ether oxygens (including phenoxy) is 1. The van der Waals surface area contributed by atoms with Crippen molar-refractivity contribution in [3.8, 4) is 0 Å². The number of benzene rings is 2. The van der Waals surface area contributed by atoms with E-state index >= 15 is 0 Å². The highest BCUT2D eigenvalue weighted by Crippen LogP contribution is 2.25. The lowest BCUT2D eigenvalue weighted by atomic mass is 9.86. The summed E-state index contributed by atoms with van der Waals surface area (Å²) < 4.78 is 6.90. The number of carbonyl (C=O) groups is 1. The Morgan fingerprint density at radius 3 is 2.39 bits per heavy atom. The summed E-state index contributed by atoms with van der Waals surface area (Å²) in [5.41, 5.74) is 2.38. The number of rotatable bonds is 8. The maximum atomic E-state index is 13.6. The Bertz CT molecular complexity index is 1160. The first-order chi connectivity index (χ1) is 15.7. The van der Waals surface area contributed by atoms with Gasteiger partial charge in [0.1, 0.15) is 5.82 Å². The summed E-state index contributed by atoms with van der Waals surface area (Å²) in [5, 5.41) is 0.588. The molecule has 1 aromatic heterocycles. The van der Waals surface area contributed by atoms with Gasteiger partial charge in [0.15, 0.2) is 0 Å². The molecule has 6 heteroatoms. The number of nitrogens with zero attached hydrogens (tertiary/aromatic N) is 3. The smallest absolute Gasteiger partial charge is 0.261 e. The van der Waals surface area contributed by atoms with Gasteiger partial charge in [0.05, 0.1) is 16.9 Å². The fourth-order valence-electron chi connectivity index (χ4n) is 4.08. The van der Waals surface area contributed by atoms with Gasteiger partial charge in [0.25, 0.3) is 11.5 Å². The number of fused-ring (bicyclic) bond motifs is 1. The van der Waals surface area contributed by atoms with Crippen LogP contribution in [0.3, 0.4) is 0 Å². The van der Waals surface area contributed by atoms with Gasteiger partial charge in [0, 0.05) is 32.4 Å². The Morgan fingerprint density at radius 1 is 1.12 bits per heavy atom. The van der Waals surface area contributed by atoms with Crippen molar-refractivity contribution in [2.75, 3.05) is 20.3 Å². The molecule has 0 fully saturated rings. The van der Waals surface area contributed by atoms with Crippen LogP contribution in [-0.4, -0.2) is 40.6 Å². The van der Waals surface area contributed by atoms with Crippen LogP contribution in [0.2, 0.25) is 0 Å². The van der Waals surface area contributed by atoms with E-state index < -0.39 is 0 Å². The molecule has 0 radical (unpaired) electrons. The van der Waals surface area contributed by atoms with Gasteiger partial charge >= 0.3 is 0 Å². The van der Waals surface area contributed by atoms with Crippen LogP contribution in [0.25, 0.3) is 10.9 Å². The SMILES string of the molecule is CCn1c(C(C)N(CCCOC)C(=O)c2ccc(C(C)(C)C)cc2)nc2ccccc2c1=O. The second kappa shape index (κ2) is 10.3. The molecule has 1 unspecified atom stereocenters. The number of amides is 1. The highest BCUT2D eigenvalue weighted by atomic mass is 16.5. The average Bonchev–Trinajstić information content (AvgIpc) is 2.80. The number of hydrogen-bond donors (Lipinski definition) is 0. The minimum Gasteiger partial charge on any atom is -0.385 e. The van der Waals surface area contributed by atoms with Crippen molar-refractivity contribution in [3.05, 3.63) is 75.8 Å². The third kappa shape index (κ3) is 5.33. The van der Waals surface area contributed by atoms with Gasteiger partial charge in [-0.3, -0.25) is 14.2 Å². The zero-order valence-corrected chi connectivity index (χ0v) is 20.6. The van der Waals surface area contributed by atoms with Gasteiger partial charge in [-0.2, -0.15) is 0 Å². The molecule has 1 atom stereocenters. The van der Waals surface area contributed by atoms with Crippen molar-refractivity contribution in [1.29, 1.82) is 0 Å². The van der Waals surface area contributed by atoms with E-state index in [2.05, 4.69) is 20.8 Å². The molecule has 0 bridgehead atoms. The quantitative estimate of drug-likeness (QED) is 0.456. The largest absolute Gasteiger partial charge is 0.385 e. The van der Waals surface area contributed by atoms with Crippen molar-refractivity contribution >= 4 is 16.8 Å². The maximum absolute atomic E-state index is 13.6. The van der Waals surface area contributed by atoms with E-state index in [1.165, 1.54) is 5.56 Å². The van der Waals surface area contributed by atoms with Gasteiger partial charge in [-0.05, 0) is 55.5 Å². The molecular weight excluding hydrogens is 414 g/mol. The topological polar surface area (TPSA) is 64.4 Å². The van der Waals surface area contributed by atoms with Crippen LogP contribution >= 0.6 is 0 Å². The number of methoxy groups -OCH3 is 1. The minimum absolute atomic E-state index is 0.0131. The molecule has 1 amide bonds. The van der Waals surface area contributed by atoms with Crippen LogP contribution < -0.4 is 5.56 Å². The summed E-state index contributed by atoms with van der Waals surface area (Å²) in [4.78, 5) is 33.4. The Balaban J connectivity index is 2.03. The molecule has 6 nitrogen and oxygen atoms in total. The first-order valence-electron chi connectivity index (χ1n) is 11.6. The standard InChI is InChI=1S/C27H35N3O3/c1-7-29-24(28-23-12-9-8-11-22(23)26(29)32)19(2)30(17-10-18-33-6)25(31)20-13-15-21(16-14-20)27(3,4)5/h8-9,11-16,19H,7,10,17-18H2,1-6H3. The van der Waals surface area contributed by atoms with Crippen molar-refractivity contribution in [1.82, 2.24) is 14.5 Å². The lowest BCUT2D eigenvalue weighted by molar-refractivity contribution is 0.0655. The first-order valence-corrected chi connectivity index (χ1v) is 11.6. The number of aromatic nitrogens is 2. The van der Waals surface area contributed by atoms with Gasteiger partial charge in [-0.15, -0.1) is 0 Å². The highest BCUT2D eigenvalue weighted by molar-refractivity contribution is 5.94. The molecule has 33 heavy (non-hydrogen) atoms. The van der Waals surface area contributed by atoms with E-state index in [4.69, 9.17) is 9.72 Å². The van der Waals surface area contributed by atoms with Crippen LogP contribution in [0.1, 0.15) is 68.8 Å². The molecule has 0 saturated carbocycles. The number of para-hydroxylation sites is 1.